The molecular weight excluding hydrogens is 401 g/mol. The van der Waals surface area contributed by atoms with Gasteiger partial charge in [0.1, 0.15) is 0 Å². The molecular formula is C22H24FN5O3. The molecule has 2 saturated heterocycles. The molecule has 2 atom stereocenters. The van der Waals surface area contributed by atoms with Gasteiger partial charge in [0.2, 0.25) is 23.9 Å². The van der Waals surface area contributed by atoms with Gasteiger partial charge in [0, 0.05) is 50.7 Å². The molecule has 5 rings (SSSR count). The summed E-state index contributed by atoms with van der Waals surface area (Å²) in [5.74, 6) is -0.894. The van der Waals surface area contributed by atoms with Gasteiger partial charge < -0.3 is 14.7 Å². The van der Waals surface area contributed by atoms with Crippen LogP contribution in [0.4, 0.5) is 10.1 Å². The maximum Gasteiger partial charge on any atom is 0.289 e. The number of piperazine rings is 1. The third-order valence-electron chi connectivity index (χ3n) is 6.33. The maximum atomic E-state index is 14.1. The maximum absolute atomic E-state index is 14.1. The number of halogens is 1. The van der Waals surface area contributed by atoms with Gasteiger partial charge in [-0.1, -0.05) is 18.2 Å². The van der Waals surface area contributed by atoms with Crippen molar-refractivity contribution in [2.24, 2.45) is 21.8 Å². The molecule has 3 amide bonds. The largest absolute Gasteiger partial charge is 0.339 e. The van der Waals surface area contributed by atoms with Crippen LogP contribution in [-0.4, -0.2) is 78.1 Å². The molecule has 0 bridgehead atoms. The molecule has 1 aliphatic carbocycles. The molecule has 1 aromatic carbocycles. The van der Waals surface area contributed by atoms with Crippen molar-refractivity contribution < 1.29 is 18.8 Å². The number of rotatable bonds is 3. The van der Waals surface area contributed by atoms with Gasteiger partial charge >= 0.3 is 0 Å². The second-order valence-electron chi connectivity index (χ2n) is 8.48. The summed E-state index contributed by atoms with van der Waals surface area (Å²) in [5.41, 5.74) is 1.11. The number of hydrogen-bond donors (Lipinski definition) is 0. The van der Waals surface area contributed by atoms with Crippen LogP contribution >= 0.6 is 0 Å². The Labute approximate surface area is 179 Å². The highest BCUT2D eigenvalue weighted by molar-refractivity contribution is 6.18. The lowest BCUT2D eigenvalue weighted by atomic mass is 10.1. The number of anilines is 1. The lowest BCUT2D eigenvalue weighted by molar-refractivity contribution is -0.137. The summed E-state index contributed by atoms with van der Waals surface area (Å²) in [6.07, 6.45) is 0.221. The summed E-state index contributed by atoms with van der Waals surface area (Å²) in [6, 6.07) is 9.37. The van der Waals surface area contributed by atoms with Crippen molar-refractivity contribution >= 4 is 35.1 Å². The molecule has 9 heteroatoms. The fourth-order valence-corrected chi connectivity index (χ4v) is 4.41. The molecule has 4 aliphatic rings. The van der Waals surface area contributed by atoms with Crippen molar-refractivity contribution in [3.63, 3.8) is 0 Å². The molecule has 3 fully saturated rings. The quantitative estimate of drug-likeness (QED) is 0.730. The molecule has 1 saturated carbocycles. The zero-order chi connectivity index (χ0) is 21.5. The highest BCUT2D eigenvalue weighted by Gasteiger charge is 2.41. The van der Waals surface area contributed by atoms with Crippen LogP contribution < -0.4 is 4.90 Å². The predicted octanol–water partition coefficient (Wildman–Crippen LogP) is 1.27. The number of carbonyl (C=O) groups excluding carboxylic acids is 3. The van der Waals surface area contributed by atoms with Gasteiger partial charge in [-0.25, -0.2) is 9.38 Å². The van der Waals surface area contributed by atoms with Crippen molar-refractivity contribution in [1.82, 2.24) is 9.80 Å². The molecule has 0 radical (unpaired) electrons. The monoisotopic (exact) mass is 425 g/mol. The van der Waals surface area contributed by atoms with Crippen molar-refractivity contribution in [2.75, 3.05) is 37.6 Å². The normalized spacial score (nSPS) is 26.8. The van der Waals surface area contributed by atoms with Crippen molar-refractivity contribution in [3.05, 3.63) is 30.3 Å². The Balaban J connectivity index is 1.20. The van der Waals surface area contributed by atoms with Gasteiger partial charge in [0.15, 0.2) is 0 Å². The number of para-hydroxylation sites is 1. The van der Waals surface area contributed by atoms with Crippen LogP contribution in [0.1, 0.15) is 19.3 Å². The molecule has 0 aromatic heterocycles. The number of alkyl halides is 1. The standard InChI is InChI=1S/C22H24FN5O3/c23-18-19(14-6-7-14)24-22(25-20(18)30)27-10-8-26(9-11-27)21(31)15-12-17(29)28(13-15)16-4-2-1-3-5-16/h1-5,14-15,18H,6-13H2. The molecule has 3 aliphatic heterocycles. The van der Waals surface area contributed by atoms with E-state index in [1.54, 1.807) is 9.80 Å². The number of hydrogen-bond acceptors (Lipinski definition) is 5. The topological polar surface area (TPSA) is 85.7 Å². The fourth-order valence-electron chi connectivity index (χ4n) is 4.41. The first-order chi connectivity index (χ1) is 15.0. The minimum Gasteiger partial charge on any atom is -0.339 e. The Morgan fingerprint density at radius 1 is 1.00 bits per heavy atom. The van der Waals surface area contributed by atoms with Gasteiger partial charge in [-0.15, -0.1) is 0 Å². The minimum absolute atomic E-state index is 0.0286. The molecule has 3 heterocycles. The van der Waals surface area contributed by atoms with Crippen LogP contribution in [0.5, 0.6) is 0 Å². The van der Waals surface area contributed by atoms with Crippen molar-refractivity contribution in [2.45, 2.75) is 25.4 Å². The predicted molar refractivity (Wildman–Crippen MR) is 113 cm³/mol. The van der Waals surface area contributed by atoms with Gasteiger partial charge in [-0.2, -0.15) is 4.99 Å². The molecule has 2 unspecified atom stereocenters. The number of carbonyl (C=O) groups is 3. The van der Waals surface area contributed by atoms with E-state index in [0.717, 1.165) is 18.5 Å². The zero-order valence-corrected chi connectivity index (χ0v) is 17.1. The Bertz CT molecular complexity index is 967. The minimum atomic E-state index is -1.72. The molecule has 0 N–H and O–H groups in total. The Morgan fingerprint density at radius 3 is 2.39 bits per heavy atom. The van der Waals surface area contributed by atoms with E-state index in [1.165, 1.54) is 0 Å². The third-order valence-corrected chi connectivity index (χ3v) is 6.33. The van der Waals surface area contributed by atoms with Crippen LogP contribution in [0.25, 0.3) is 0 Å². The van der Waals surface area contributed by atoms with E-state index in [2.05, 4.69) is 9.98 Å². The van der Waals surface area contributed by atoms with Crippen molar-refractivity contribution in [3.8, 4) is 0 Å². The summed E-state index contributed by atoms with van der Waals surface area (Å²) >= 11 is 0. The first-order valence-corrected chi connectivity index (χ1v) is 10.8. The first-order valence-electron chi connectivity index (χ1n) is 10.8. The van der Waals surface area contributed by atoms with Crippen LogP contribution in [0.15, 0.2) is 40.3 Å². The van der Waals surface area contributed by atoms with Crippen LogP contribution in [0, 0.1) is 11.8 Å². The third kappa shape index (κ3) is 3.84. The Hall–Kier alpha value is -3.10. The number of benzene rings is 1. The Kier molecular flexibility index (Phi) is 5.03. The molecule has 8 nitrogen and oxygen atoms in total. The van der Waals surface area contributed by atoms with E-state index in [1.807, 2.05) is 35.2 Å². The molecule has 1 aromatic rings. The van der Waals surface area contributed by atoms with Gasteiger partial charge in [0.25, 0.3) is 5.91 Å². The average molecular weight is 425 g/mol. The summed E-state index contributed by atoms with van der Waals surface area (Å²) < 4.78 is 14.1. The Morgan fingerprint density at radius 2 is 1.71 bits per heavy atom. The first kappa shape index (κ1) is 19.8. The van der Waals surface area contributed by atoms with Crippen molar-refractivity contribution in [1.29, 1.82) is 0 Å². The molecule has 162 valence electrons. The van der Waals surface area contributed by atoms with E-state index in [9.17, 15) is 18.8 Å². The van der Waals surface area contributed by atoms with Crippen LogP contribution in [0.3, 0.4) is 0 Å². The van der Waals surface area contributed by atoms with E-state index in [4.69, 9.17) is 0 Å². The number of amides is 3. The zero-order valence-electron chi connectivity index (χ0n) is 17.1. The summed E-state index contributed by atoms with van der Waals surface area (Å²) in [4.78, 5) is 50.8. The highest BCUT2D eigenvalue weighted by Crippen LogP contribution is 2.34. The molecule has 0 spiro atoms. The number of aliphatic imine (C=N–C) groups is 2. The lowest BCUT2D eigenvalue weighted by Crippen LogP contribution is -2.53. The van der Waals surface area contributed by atoms with Gasteiger partial charge in [0.05, 0.1) is 11.6 Å². The fraction of sp³-hybridized carbons (Fsp3) is 0.500. The smallest absolute Gasteiger partial charge is 0.289 e. The summed E-state index contributed by atoms with van der Waals surface area (Å²) in [6.45, 7) is 2.24. The second kappa shape index (κ2) is 7.86. The van der Waals surface area contributed by atoms with Gasteiger partial charge in [-0.05, 0) is 25.0 Å². The highest BCUT2D eigenvalue weighted by atomic mass is 19.1. The SMILES string of the molecule is O=C1N=C(N2CCN(C(=O)C3CC(=O)N(c4ccccc4)C3)CC2)N=C(C2CC2)C1F. The van der Waals surface area contributed by atoms with Crippen LogP contribution in [-0.2, 0) is 14.4 Å². The second-order valence-corrected chi connectivity index (χ2v) is 8.48. The number of nitrogens with zero attached hydrogens (tertiary/aromatic N) is 5. The van der Waals surface area contributed by atoms with E-state index < -0.39 is 12.1 Å². The average Bonchev–Trinajstić information content (AvgIpc) is 3.57. The molecule has 31 heavy (non-hydrogen) atoms. The summed E-state index contributed by atoms with van der Waals surface area (Å²) in [7, 11) is 0. The van der Waals surface area contributed by atoms with Crippen LogP contribution in [0.2, 0.25) is 0 Å². The summed E-state index contributed by atoms with van der Waals surface area (Å²) in [5, 5.41) is 0. The lowest BCUT2D eigenvalue weighted by Gasteiger charge is -2.37. The van der Waals surface area contributed by atoms with E-state index in [0.29, 0.717) is 38.4 Å². The van der Waals surface area contributed by atoms with E-state index in [-0.39, 0.29) is 36.0 Å². The number of guanidine groups is 1. The van der Waals surface area contributed by atoms with E-state index >= 15 is 0 Å². The van der Waals surface area contributed by atoms with Gasteiger partial charge in [-0.3, -0.25) is 14.4 Å².